The van der Waals surface area contributed by atoms with Crippen LogP contribution in [0.15, 0.2) is 23.5 Å². The van der Waals surface area contributed by atoms with Gasteiger partial charge in [-0.15, -0.1) is 0 Å². The Morgan fingerprint density at radius 1 is 1.42 bits per heavy atom. The van der Waals surface area contributed by atoms with Gasteiger partial charge in [-0.25, -0.2) is 0 Å². The molecule has 19 heavy (non-hydrogen) atoms. The first-order chi connectivity index (χ1) is 9.07. The van der Waals surface area contributed by atoms with Crippen molar-refractivity contribution in [3.05, 3.63) is 18.5 Å². The van der Waals surface area contributed by atoms with Crippen LogP contribution in [-0.4, -0.2) is 48.6 Å². The molecule has 1 aromatic rings. The maximum absolute atomic E-state index is 5.35. The summed E-state index contributed by atoms with van der Waals surface area (Å²) < 4.78 is 7.27. The molecule has 0 aliphatic carbocycles. The Hall–Kier alpha value is -1.56. The average Bonchev–Trinajstić information content (AvgIpc) is 2.91. The molecular weight excluding hydrogens is 242 g/mol. The van der Waals surface area contributed by atoms with Gasteiger partial charge < -0.3 is 15.4 Å². The molecule has 2 N–H and O–H groups in total. The van der Waals surface area contributed by atoms with E-state index in [0.29, 0.717) is 6.54 Å². The number of methoxy groups -OCH3 is 1. The molecule has 1 aromatic heterocycles. The minimum Gasteiger partial charge on any atom is -0.377 e. The highest BCUT2D eigenvalue weighted by atomic mass is 16.5. The number of aliphatic imine (C=N–C) groups is 1. The first kappa shape index (κ1) is 15.5. The number of nitrogens with zero attached hydrogens (tertiary/aromatic N) is 3. The van der Waals surface area contributed by atoms with E-state index in [2.05, 4.69) is 20.7 Å². The van der Waals surface area contributed by atoms with Crippen molar-refractivity contribution in [1.29, 1.82) is 0 Å². The van der Waals surface area contributed by atoms with Crippen LogP contribution in [0.25, 0.3) is 0 Å². The van der Waals surface area contributed by atoms with E-state index in [4.69, 9.17) is 4.74 Å². The average molecular weight is 267 g/mol. The molecule has 0 atom stereocenters. The lowest BCUT2D eigenvalue weighted by molar-refractivity contribution is 0.0268. The Balaban J connectivity index is 2.19. The van der Waals surface area contributed by atoms with Gasteiger partial charge in [0, 0.05) is 46.2 Å². The molecule has 0 aliphatic heterocycles. The Labute approximate surface area is 115 Å². The highest BCUT2D eigenvalue weighted by molar-refractivity contribution is 5.79. The zero-order valence-corrected chi connectivity index (χ0v) is 12.3. The third-order valence-electron chi connectivity index (χ3n) is 2.87. The molecule has 1 rings (SSSR count). The topological polar surface area (TPSA) is 63.5 Å². The van der Waals surface area contributed by atoms with Gasteiger partial charge in [0.1, 0.15) is 0 Å². The fourth-order valence-corrected chi connectivity index (χ4v) is 1.47. The summed E-state index contributed by atoms with van der Waals surface area (Å²) in [6, 6.07) is 1.93. The lowest BCUT2D eigenvalue weighted by Gasteiger charge is -2.24. The predicted octanol–water partition coefficient (Wildman–Crippen LogP) is 0.863. The van der Waals surface area contributed by atoms with Gasteiger partial charge in [-0.1, -0.05) is 0 Å². The van der Waals surface area contributed by atoms with Crippen LogP contribution in [0.5, 0.6) is 0 Å². The van der Waals surface area contributed by atoms with Crippen molar-refractivity contribution in [2.75, 3.05) is 27.2 Å². The Morgan fingerprint density at radius 2 is 2.21 bits per heavy atom. The van der Waals surface area contributed by atoms with Crippen LogP contribution in [-0.2, 0) is 11.3 Å². The highest BCUT2D eigenvalue weighted by Crippen LogP contribution is 2.04. The van der Waals surface area contributed by atoms with E-state index in [1.54, 1.807) is 20.4 Å². The molecule has 0 bridgehead atoms. The van der Waals surface area contributed by atoms with Gasteiger partial charge in [0.05, 0.1) is 5.60 Å². The fourth-order valence-electron chi connectivity index (χ4n) is 1.47. The SMILES string of the molecule is CN=C(NCCCn1cccn1)NCC(C)(C)OC. The third-order valence-corrected chi connectivity index (χ3v) is 2.87. The third kappa shape index (κ3) is 6.24. The van der Waals surface area contributed by atoms with Crippen LogP contribution in [0, 0.1) is 0 Å². The lowest BCUT2D eigenvalue weighted by atomic mass is 10.1. The zero-order valence-electron chi connectivity index (χ0n) is 12.3. The molecule has 0 aliphatic rings. The van der Waals surface area contributed by atoms with Crippen molar-refractivity contribution in [2.45, 2.75) is 32.4 Å². The van der Waals surface area contributed by atoms with Gasteiger partial charge in [0.15, 0.2) is 5.96 Å². The molecule has 6 nitrogen and oxygen atoms in total. The summed E-state index contributed by atoms with van der Waals surface area (Å²) in [6.45, 7) is 6.53. The summed E-state index contributed by atoms with van der Waals surface area (Å²) >= 11 is 0. The Morgan fingerprint density at radius 3 is 2.79 bits per heavy atom. The molecule has 6 heteroatoms. The summed E-state index contributed by atoms with van der Waals surface area (Å²) in [7, 11) is 3.48. The van der Waals surface area contributed by atoms with Gasteiger partial charge >= 0.3 is 0 Å². The van der Waals surface area contributed by atoms with Crippen molar-refractivity contribution in [1.82, 2.24) is 20.4 Å². The van der Waals surface area contributed by atoms with Crippen molar-refractivity contribution < 1.29 is 4.74 Å². The molecule has 108 valence electrons. The van der Waals surface area contributed by atoms with Crippen LogP contribution in [0.4, 0.5) is 0 Å². The van der Waals surface area contributed by atoms with E-state index < -0.39 is 0 Å². The Bertz CT molecular complexity index is 372. The largest absolute Gasteiger partial charge is 0.377 e. The van der Waals surface area contributed by atoms with Crippen LogP contribution in [0.2, 0.25) is 0 Å². The molecule has 0 radical (unpaired) electrons. The summed E-state index contributed by atoms with van der Waals surface area (Å²) in [5, 5.41) is 10.7. The molecule has 0 saturated heterocycles. The minimum atomic E-state index is -0.202. The van der Waals surface area contributed by atoms with Crippen LogP contribution in [0.3, 0.4) is 0 Å². The molecule has 1 heterocycles. The quantitative estimate of drug-likeness (QED) is 0.437. The molecule has 0 fully saturated rings. The number of guanidine groups is 1. The van der Waals surface area contributed by atoms with E-state index in [0.717, 1.165) is 25.5 Å². The van der Waals surface area contributed by atoms with Crippen LogP contribution < -0.4 is 10.6 Å². The predicted molar refractivity (Wildman–Crippen MR) is 77.3 cm³/mol. The first-order valence-electron chi connectivity index (χ1n) is 6.54. The molecular formula is C13H25N5O. The fraction of sp³-hybridized carbons (Fsp3) is 0.692. The van der Waals surface area contributed by atoms with Gasteiger partial charge in [0.25, 0.3) is 0 Å². The maximum atomic E-state index is 5.35. The number of rotatable bonds is 7. The van der Waals surface area contributed by atoms with Crippen LogP contribution in [0.1, 0.15) is 20.3 Å². The van der Waals surface area contributed by atoms with Gasteiger partial charge in [-0.2, -0.15) is 5.10 Å². The number of ether oxygens (including phenoxy) is 1. The summed E-state index contributed by atoms with van der Waals surface area (Å²) in [6.07, 6.45) is 4.75. The van der Waals surface area contributed by atoms with Crippen molar-refractivity contribution in [3.8, 4) is 0 Å². The van der Waals surface area contributed by atoms with E-state index in [1.165, 1.54) is 0 Å². The lowest BCUT2D eigenvalue weighted by Crippen LogP contribution is -2.45. The number of hydrogen-bond acceptors (Lipinski definition) is 3. The van der Waals surface area contributed by atoms with E-state index >= 15 is 0 Å². The first-order valence-corrected chi connectivity index (χ1v) is 6.54. The number of nitrogens with one attached hydrogen (secondary N) is 2. The second-order valence-electron chi connectivity index (χ2n) is 4.94. The molecule has 0 aromatic carbocycles. The second-order valence-corrected chi connectivity index (χ2v) is 4.94. The van der Waals surface area contributed by atoms with Gasteiger partial charge in [-0.3, -0.25) is 9.67 Å². The highest BCUT2D eigenvalue weighted by Gasteiger charge is 2.16. The van der Waals surface area contributed by atoms with Crippen molar-refractivity contribution in [2.24, 2.45) is 4.99 Å². The summed E-state index contributed by atoms with van der Waals surface area (Å²) in [4.78, 5) is 4.18. The zero-order chi connectivity index (χ0) is 14.1. The number of aryl methyl sites for hydroxylation is 1. The summed E-state index contributed by atoms with van der Waals surface area (Å²) in [5.74, 6) is 0.797. The van der Waals surface area contributed by atoms with E-state index in [9.17, 15) is 0 Å². The second kappa shape index (κ2) is 7.78. The molecule has 0 spiro atoms. The normalized spacial score (nSPS) is 12.5. The minimum absolute atomic E-state index is 0.202. The number of aromatic nitrogens is 2. The van der Waals surface area contributed by atoms with Crippen molar-refractivity contribution in [3.63, 3.8) is 0 Å². The molecule has 0 unspecified atom stereocenters. The van der Waals surface area contributed by atoms with Gasteiger partial charge in [0.2, 0.25) is 0 Å². The monoisotopic (exact) mass is 267 g/mol. The number of hydrogen-bond donors (Lipinski definition) is 2. The van der Waals surface area contributed by atoms with Crippen molar-refractivity contribution >= 4 is 5.96 Å². The molecule has 0 saturated carbocycles. The summed E-state index contributed by atoms with van der Waals surface area (Å²) in [5.41, 5.74) is -0.202. The Kier molecular flexibility index (Phi) is 6.35. The van der Waals surface area contributed by atoms with E-state index in [1.807, 2.05) is 30.8 Å². The standard InChI is InChI=1S/C13H25N5O/c1-13(2,19-4)11-16-12(14-3)15-7-5-9-18-10-6-8-17-18/h6,8,10H,5,7,9,11H2,1-4H3,(H2,14,15,16). The maximum Gasteiger partial charge on any atom is 0.191 e. The van der Waals surface area contributed by atoms with E-state index in [-0.39, 0.29) is 5.60 Å². The molecule has 0 amide bonds. The van der Waals surface area contributed by atoms with Crippen LogP contribution >= 0.6 is 0 Å². The van der Waals surface area contributed by atoms with Gasteiger partial charge in [-0.05, 0) is 26.3 Å². The smallest absolute Gasteiger partial charge is 0.191 e.